The van der Waals surface area contributed by atoms with Crippen LogP contribution < -0.4 is 10.9 Å². The van der Waals surface area contributed by atoms with Crippen LogP contribution in [0.25, 0.3) is 5.52 Å². The highest BCUT2D eigenvalue weighted by Gasteiger charge is 2.08. The number of hydrogen-bond donors (Lipinski definition) is 1. The van der Waals surface area contributed by atoms with E-state index in [1.807, 2.05) is 13.8 Å². The molecule has 0 fully saturated rings. The lowest BCUT2D eigenvalue weighted by molar-refractivity contribution is -0.122. The van der Waals surface area contributed by atoms with Crippen LogP contribution in [0.1, 0.15) is 13.8 Å². The van der Waals surface area contributed by atoms with E-state index in [4.69, 9.17) is 0 Å². The smallest absolute Gasteiger partial charge is 0.291 e. The molecule has 0 bridgehead atoms. The summed E-state index contributed by atoms with van der Waals surface area (Å²) in [6.45, 7) is 3.67. The Labute approximate surface area is 97.9 Å². The van der Waals surface area contributed by atoms with E-state index >= 15 is 0 Å². The fourth-order valence-electron chi connectivity index (χ4n) is 1.59. The van der Waals surface area contributed by atoms with E-state index in [2.05, 4.69) is 10.4 Å². The minimum atomic E-state index is -0.267. The van der Waals surface area contributed by atoms with Crippen molar-refractivity contribution in [2.75, 3.05) is 0 Å². The van der Waals surface area contributed by atoms with Gasteiger partial charge in [-0.2, -0.15) is 5.10 Å². The predicted molar refractivity (Wildman–Crippen MR) is 62.7 cm³/mol. The van der Waals surface area contributed by atoms with Gasteiger partial charge in [0, 0.05) is 12.2 Å². The van der Waals surface area contributed by atoms with Crippen molar-refractivity contribution >= 4 is 11.4 Å². The number of fused-ring (bicyclic) bond motifs is 1. The van der Waals surface area contributed by atoms with Crippen LogP contribution in [0, 0.1) is 0 Å². The second-order valence-corrected chi connectivity index (χ2v) is 4.12. The Kier molecular flexibility index (Phi) is 2.95. The van der Waals surface area contributed by atoms with Crippen LogP contribution in [0.5, 0.6) is 0 Å². The van der Waals surface area contributed by atoms with Gasteiger partial charge < -0.3 is 9.72 Å². The van der Waals surface area contributed by atoms with E-state index in [-0.39, 0.29) is 24.1 Å². The number of carbonyl (C=O) groups excluding carboxylic acids is 1. The number of carbonyl (C=O) groups is 1. The molecule has 1 amide bonds. The molecular weight excluding hydrogens is 220 g/mol. The summed E-state index contributed by atoms with van der Waals surface area (Å²) in [4.78, 5) is 23.4. The minimum Gasteiger partial charge on any atom is -0.352 e. The van der Waals surface area contributed by atoms with Gasteiger partial charge in [0.2, 0.25) is 5.91 Å². The molecule has 0 aliphatic carbocycles. The van der Waals surface area contributed by atoms with Crippen LogP contribution in [-0.4, -0.2) is 26.1 Å². The first kappa shape index (κ1) is 11.4. The third-order valence-electron chi connectivity index (χ3n) is 2.29. The lowest BCUT2D eigenvalue weighted by atomic mass is 10.4. The Morgan fingerprint density at radius 1 is 1.53 bits per heavy atom. The molecule has 6 nitrogen and oxygen atoms in total. The average molecular weight is 234 g/mol. The van der Waals surface area contributed by atoms with Gasteiger partial charge in [0.05, 0.1) is 0 Å². The van der Waals surface area contributed by atoms with Crippen LogP contribution in [0.3, 0.4) is 0 Å². The van der Waals surface area contributed by atoms with Crippen LogP contribution in [0.2, 0.25) is 0 Å². The van der Waals surface area contributed by atoms with Gasteiger partial charge in [0.15, 0.2) is 0 Å². The second-order valence-electron chi connectivity index (χ2n) is 4.12. The Balaban J connectivity index is 2.27. The highest BCUT2D eigenvalue weighted by atomic mass is 16.2. The van der Waals surface area contributed by atoms with Crippen LogP contribution in [0.4, 0.5) is 0 Å². The number of nitrogens with zero attached hydrogens (tertiary/aromatic N) is 3. The fourth-order valence-corrected chi connectivity index (χ4v) is 1.59. The van der Waals surface area contributed by atoms with Crippen molar-refractivity contribution in [1.82, 2.24) is 19.5 Å². The Bertz CT molecular complexity index is 597. The molecule has 0 aromatic carbocycles. The molecule has 0 unspecified atom stereocenters. The zero-order valence-electron chi connectivity index (χ0n) is 9.75. The van der Waals surface area contributed by atoms with E-state index < -0.39 is 0 Å². The molecule has 2 aromatic heterocycles. The number of hydrogen-bond acceptors (Lipinski definition) is 3. The molecule has 0 atom stereocenters. The third kappa shape index (κ3) is 2.35. The first-order valence-electron chi connectivity index (χ1n) is 5.40. The van der Waals surface area contributed by atoms with E-state index in [0.717, 1.165) is 4.68 Å². The molecular formula is C11H14N4O2. The predicted octanol–water partition coefficient (Wildman–Crippen LogP) is 0.0206. The zero-order valence-corrected chi connectivity index (χ0v) is 9.75. The monoisotopic (exact) mass is 234 g/mol. The minimum absolute atomic E-state index is 0.0511. The fraction of sp³-hybridized carbons (Fsp3) is 0.364. The SMILES string of the molecule is CC(C)NC(=O)Cn1ncn2cccc2c1=O. The molecule has 1 N–H and O–H groups in total. The van der Waals surface area contributed by atoms with Crippen molar-refractivity contribution < 1.29 is 4.79 Å². The summed E-state index contributed by atoms with van der Waals surface area (Å²) in [7, 11) is 0. The van der Waals surface area contributed by atoms with Crippen molar-refractivity contribution in [3.05, 3.63) is 35.0 Å². The Morgan fingerprint density at radius 2 is 2.29 bits per heavy atom. The van der Waals surface area contributed by atoms with Gasteiger partial charge in [-0.05, 0) is 26.0 Å². The van der Waals surface area contributed by atoms with Gasteiger partial charge in [-0.25, -0.2) is 4.68 Å². The molecule has 0 radical (unpaired) electrons. The molecule has 2 heterocycles. The van der Waals surface area contributed by atoms with Gasteiger partial charge >= 0.3 is 0 Å². The molecule has 2 aromatic rings. The third-order valence-corrected chi connectivity index (χ3v) is 2.29. The molecule has 0 spiro atoms. The molecule has 0 aliphatic rings. The highest BCUT2D eigenvalue weighted by Crippen LogP contribution is 1.95. The number of aromatic nitrogens is 3. The van der Waals surface area contributed by atoms with Crippen LogP contribution in [0.15, 0.2) is 29.5 Å². The standard InChI is InChI=1S/C11H14N4O2/c1-8(2)13-10(16)6-15-11(17)9-4-3-5-14(9)7-12-15/h3-5,7-8H,6H2,1-2H3,(H,13,16). The van der Waals surface area contributed by atoms with Gasteiger partial charge in [0.25, 0.3) is 5.56 Å². The summed E-state index contributed by atoms with van der Waals surface area (Å²) >= 11 is 0. The molecule has 2 rings (SSSR count). The summed E-state index contributed by atoms with van der Waals surface area (Å²) in [5.74, 6) is -0.217. The van der Waals surface area contributed by atoms with Crippen molar-refractivity contribution in [3.63, 3.8) is 0 Å². The summed E-state index contributed by atoms with van der Waals surface area (Å²) in [5, 5.41) is 6.65. The first-order valence-corrected chi connectivity index (χ1v) is 5.40. The lowest BCUT2D eigenvalue weighted by Gasteiger charge is -2.09. The number of nitrogens with one attached hydrogen (secondary N) is 1. The molecule has 17 heavy (non-hydrogen) atoms. The molecule has 0 aliphatic heterocycles. The number of amides is 1. The Morgan fingerprint density at radius 3 is 3.00 bits per heavy atom. The van der Waals surface area contributed by atoms with Gasteiger partial charge in [-0.1, -0.05) is 0 Å². The first-order chi connectivity index (χ1) is 8.08. The van der Waals surface area contributed by atoms with Gasteiger partial charge in [-0.15, -0.1) is 0 Å². The summed E-state index contributed by atoms with van der Waals surface area (Å²) in [6, 6.07) is 3.51. The van der Waals surface area contributed by atoms with Crippen LogP contribution >= 0.6 is 0 Å². The maximum Gasteiger partial charge on any atom is 0.291 e. The van der Waals surface area contributed by atoms with E-state index in [1.165, 1.54) is 6.33 Å². The molecule has 0 saturated heterocycles. The van der Waals surface area contributed by atoms with Crippen molar-refractivity contribution in [2.45, 2.75) is 26.4 Å². The summed E-state index contributed by atoms with van der Waals surface area (Å²) < 4.78 is 2.78. The molecule has 90 valence electrons. The maximum absolute atomic E-state index is 11.9. The normalized spacial score (nSPS) is 11.0. The van der Waals surface area contributed by atoms with Crippen molar-refractivity contribution in [2.24, 2.45) is 0 Å². The molecule has 0 saturated carbocycles. The van der Waals surface area contributed by atoms with Crippen molar-refractivity contribution in [3.8, 4) is 0 Å². The second kappa shape index (κ2) is 4.40. The average Bonchev–Trinajstić information content (AvgIpc) is 2.69. The van der Waals surface area contributed by atoms with Crippen LogP contribution in [-0.2, 0) is 11.3 Å². The topological polar surface area (TPSA) is 68.4 Å². The van der Waals surface area contributed by atoms with Crippen molar-refractivity contribution in [1.29, 1.82) is 0 Å². The van der Waals surface area contributed by atoms with Gasteiger partial charge in [-0.3, -0.25) is 9.59 Å². The Hall–Kier alpha value is -2.11. The van der Waals surface area contributed by atoms with E-state index in [1.54, 1.807) is 22.7 Å². The van der Waals surface area contributed by atoms with Gasteiger partial charge in [0.1, 0.15) is 18.4 Å². The largest absolute Gasteiger partial charge is 0.352 e. The lowest BCUT2D eigenvalue weighted by Crippen LogP contribution is -2.37. The summed E-state index contributed by atoms with van der Waals surface area (Å²) in [6.07, 6.45) is 3.25. The highest BCUT2D eigenvalue weighted by molar-refractivity contribution is 5.75. The maximum atomic E-state index is 11.9. The van der Waals surface area contributed by atoms with E-state index in [0.29, 0.717) is 5.52 Å². The number of rotatable bonds is 3. The summed E-state index contributed by atoms with van der Waals surface area (Å²) in [5.41, 5.74) is 0.244. The molecule has 6 heteroatoms. The zero-order chi connectivity index (χ0) is 12.4. The quantitative estimate of drug-likeness (QED) is 0.814. The van der Waals surface area contributed by atoms with E-state index in [9.17, 15) is 9.59 Å².